The van der Waals surface area contributed by atoms with Crippen LogP contribution in [0, 0.1) is 0 Å². The summed E-state index contributed by atoms with van der Waals surface area (Å²) >= 11 is 0. The molecule has 4 nitrogen and oxygen atoms in total. The van der Waals surface area contributed by atoms with Crippen molar-refractivity contribution in [2.45, 2.75) is 13.2 Å². The van der Waals surface area contributed by atoms with E-state index in [0.29, 0.717) is 13.2 Å². The zero-order chi connectivity index (χ0) is 12.8. The Balaban J connectivity index is 1.97. The molecule has 0 atom stereocenters. The number of aromatic nitrogens is 1. The number of rotatable bonds is 5. The molecule has 18 heavy (non-hydrogen) atoms. The third-order valence-corrected chi connectivity index (χ3v) is 2.56. The Bertz CT molecular complexity index is 497. The summed E-state index contributed by atoms with van der Waals surface area (Å²) in [6.45, 7) is 0.943. The Labute approximate surface area is 106 Å². The fourth-order valence-corrected chi connectivity index (χ4v) is 1.57. The molecular formula is C14H16N2O2. The van der Waals surface area contributed by atoms with Crippen LogP contribution >= 0.6 is 0 Å². The molecule has 0 aliphatic heterocycles. The van der Waals surface area contributed by atoms with Gasteiger partial charge in [0.15, 0.2) is 0 Å². The summed E-state index contributed by atoms with van der Waals surface area (Å²) in [5, 5.41) is 0. The fraction of sp³-hybridized carbons (Fsp3) is 0.214. The van der Waals surface area contributed by atoms with E-state index in [1.807, 2.05) is 36.4 Å². The first-order chi connectivity index (χ1) is 8.81. The lowest BCUT2D eigenvalue weighted by atomic mass is 10.2. The average molecular weight is 244 g/mol. The van der Waals surface area contributed by atoms with E-state index < -0.39 is 0 Å². The van der Waals surface area contributed by atoms with Crippen molar-refractivity contribution < 1.29 is 9.47 Å². The van der Waals surface area contributed by atoms with E-state index in [9.17, 15) is 0 Å². The normalized spacial score (nSPS) is 10.1. The van der Waals surface area contributed by atoms with Crippen LogP contribution in [0.4, 0.5) is 0 Å². The molecule has 0 fully saturated rings. The Hall–Kier alpha value is -2.07. The topological polar surface area (TPSA) is 57.4 Å². The molecule has 1 aromatic carbocycles. The van der Waals surface area contributed by atoms with Crippen LogP contribution < -0.4 is 15.2 Å². The number of nitrogens with two attached hydrogens (primary N) is 1. The molecule has 0 saturated carbocycles. The molecule has 0 bridgehead atoms. The Morgan fingerprint density at radius 1 is 1.11 bits per heavy atom. The molecule has 2 N–H and O–H groups in total. The summed E-state index contributed by atoms with van der Waals surface area (Å²) in [5.74, 6) is 1.62. The lowest BCUT2D eigenvalue weighted by Crippen LogP contribution is -2.02. The van der Waals surface area contributed by atoms with Crippen molar-refractivity contribution in [3.63, 3.8) is 0 Å². The average Bonchev–Trinajstić information content (AvgIpc) is 2.46. The zero-order valence-corrected chi connectivity index (χ0v) is 10.3. The highest BCUT2D eigenvalue weighted by Crippen LogP contribution is 2.18. The van der Waals surface area contributed by atoms with Gasteiger partial charge in [-0.2, -0.15) is 0 Å². The summed E-state index contributed by atoms with van der Waals surface area (Å²) in [4.78, 5) is 4.14. The number of hydrogen-bond donors (Lipinski definition) is 1. The summed E-state index contributed by atoms with van der Waals surface area (Å²) in [5.41, 5.74) is 7.46. The van der Waals surface area contributed by atoms with Crippen molar-refractivity contribution in [1.29, 1.82) is 0 Å². The minimum Gasteiger partial charge on any atom is -0.497 e. The highest BCUT2D eigenvalue weighted by molar-refractivity contribution is 5.31. The largest absolute Gasteiger partial charge is 0.497 e. The molecule has 0 unspecified atom stereocenters. The molecule has 0 spiro atoms. The lowest BCUT2D eigenvalue weighted by Gasteiger charge is -2.07. The number of benzene rings is 1. The Morgan fingerprint density at radius 2 is 1.83 bits per heavy atom. The number of methoxy groups -OCH3 is 1. The van der Waals surface area contributed by atoms with E-state index in [1.54, 1.807) is 13.3 Å². The number of hydrogen-bond acceptors (Lipinski definition) is 4. The monoisotopic (exact) mass is 244 g/mol. The van der Waals surface area contributed by atoms with Crippen molar-refractivity contribution in [2.75, 3.05) is 7.11 Å². The molecular weight excluding hydrogens is 228 g/mol. The molecule has 0 saturated heterocycles. The van der Waals surface area contributed by atoms with Gasteiger partial charge in [-0.05, 0) is 42.0 Å². The van der Waals surface area contributed by atoms with Gasteiger partial charge >= 0.3 is 0 Å². The molecule has 4 heteroatoms. The first-order valence-corrected chi connectivity index (χ1v) is 5.72. The van der Waals surface area contributed by atoms with Crippen LogP contribution in [0.2, 0.25) is 0 Å². The third-order valence-electron chi connectivity index (χ3n) is 2.56. The van der Waals surface area contributed by atoms with E-state index >= 15 is 0 Å². The molecule has 94 valence electrons. The Kier molecular flexibility index (Phi) is 4.15. The maximum absolute atomic E-state index is 5.67. The van der Waals surface area contributed by atoms with Crippen molar-refractivity contribution in [3.05, 3.63) is 53.9 Å². The van der Waals surface area contributed by atoms with E-state index in [2.05, 4.69) is 4.98 Å². The third kappa shape index (κ3) is 3.21. The predicted octanol–water partition coefficient (Wildman–Crippen LogP) is 2.13. The Morgan fingerprint density at radius 3 is 2.50 bits per heavy atom. The second-order valence-corrected chi connectivity index (χ2v) is 3.82. The number of nitrogens with zero attached hydrogens (tertiary/aromatic N) is 1. The molecule has 0 aliphatic rings. The van der Waals surface area contributed by atoms with Crippen molar-refractivity contribution >= 4 is 0 Å². The molecule has 2 aromatic rings. The van der Waals surface area contributed by atoms with Gasteiger partial charge in [0.25, 0.3) is 0 Å². The van der Waals surface area contributed by atoms with E-state index in [1.165, 1.54) is 0 Å². The first kappa shape index (κ1) is 12.4. The molecule has 0 amide bonds. The van der Waals surface area contributed by atoms with E-state index in [-0.39, 0.29) is 0 Å². The van der Waals surface area contributed by atoms with Crippen molar-refractivity contribution in [1.82, 2.24) is 4.98 Å². The second-order valence-electron chi connectivity index (χ2n) is 3.82. The van der Waals surface area contributed by atoms with Crippen molar-refractivity contribution in [2.24, 2.45) is 5.73 Å². The lowest BCUT2D eigenvalue weighted by molar-refractivity contribution is 0.305. The fourth-order valence-electron chi connectivity index (χ4n) is 1.57. The van der Waals surface area contributed by atoms with Gasteiger partial charge in [-0.15, -0.1) is 0 Å². The molecule has 1 aromatic heterocycles. The summed E-state index contributed by atoms with van der Waals surface area (Å²) in [6.07, 6.45) is 1.74. The minimum atomic E-state index is 0.441. The summed E-state index contributed by atoms with van der Waals surface area (Å²) in [6, 6.07) is 11.4. The summed E-state index contributed by atoms with van der Waals surface area (Å²) < 4.78 is 10.8. The van der Waals surface area contributed by atoms with Crippen LogP contribution in [0.5, 0.6) is 11.5 Å². The number of ether oxygens (including phenoxy) is 2. The minimum absolute atomic E-state index is 0.441. The number of pyridine rings is 1. The van der Waals surface area contributed by atoms with Gasteiger partial charge in [0.2, 0.25) is 0 Å². The summed E-state index contributed by atoms with van der Waals surface area (Å²) in [7, 11) is 1.64. The van der Waals surface area contributed by atoms with Gasteiger partial charge in [0.1, 0.15) is 18.1 Å². The van der Waals surface area contributed by atoms with Crippen LogP contribution in [0.15, 0.2) is 42.6 Å². The van der Waals surface area contributed by atoms with Gasteiger partial charge in [0, 0.05) is 12.7 Å². The zero-order valence-electron chi connectivity index (χ0n) is 10.3. The SMILES string of the molecule is COc1ccc(OCc2ccnc(CN)c2)cc1. The highest BCUT2D eigenvalue weighted by atomic mass is 16.5. The smallest absolute Gasteiger partial charge is 0.120 e. The van der Waals surface area contributed by atoms with E-state index in [4.69, 9.17) is 15.2 Å². The maximum atomic E-state index is 5.67. The quantitative estimate of drug-likeness (QED) is 0.875. The van der Waals surface area contributed by atoms with Gasteiger partial charge in [-0.25, -0.2) is 0 Å². The maximum Gasteiger partial charge on any atom is 0.120 e. The molecule has 2 rings (SSSR count). The standard InChI is InChI=1S/C14H16N2O2/c1-17-13-2-4-14(5-3-13)18-10-11-6-7-16-12(8-11)9-15/h2-8H,9-10,15H2,1H3. The molecule has 0 aliphatic carbocycles. The molecule has 1 heterocycles. The second kappa shape index (κ2) is 6.02. The van der Waals surface area contributed by atoms with Gasteiger partial charge in [0.05, 0.1) is 12.8 Å². The van der Waals surface area contributed by atoms with Gasteiger partial charge < -0.3 is 15.2 Å². The predicted molar refractivity (Wildman–Crippen MR) is 69.5 cm³/mol. The van der Waals surface area contributed by atoms with Gasteiger partial charge in [-0.1, -0.05) is 0 Å². The highest BCUT2D eigenvalue weighted by Gasteiger charge is 1.98. The van der Waals surface area contributed by atoms with Crippen LogP contribution in [0.1, 0.15) is 11.3 Å². The van der Waals surface area contributed by atoms with Crippen LogP contribution in [-0.4, -0.2) is 12.1 Å². The van der Waals surface area contributed by atoms with Crippen LogP contribution in [0.3, 0.4) is 0 Å². The molecule has 0 radical (unpaired) electrons. The van der Waals surface area contributed by atoms with Gasteiger partial charge in [-0.3, -0.25) is 4.98 Å². The van der Waals surface area contributed by atoms with E-state index in [0.717, 1.165) is 22.8 Å². The van der Waals surface area contributed by atoms with Crippen molar-refractivity contribution in [3.8, 4) is 11.5 Å². The van der Waals surface area contributed by atoms with Crippen LogP contribution in [0.25, 0.3) is 0 Å². The first-order valence-electron chi connectivity index (χ1n) is 5.72. The van der Waals surface area contributed by atoms with Crippen LogP contribution in [-0.2, 0) is 13.2 Å².